The summed E-state index contributed by atoms with van der Waals surface area (Å²) in [7, 11) is 0. The quantitative estimate of drug-likeness (QED) is 0.204. The monoisotopic (exact) mass is 581 g/mol. The van der Waals surface area contributed by atoms with Crippen molar-refractivity contribution in [3.05, 3.63) is 126 Å². The molecule has 9 aromatic rings. The number of thiophene rings is 2. The van der Waals surface area contributed by atoms with Crippen molar-refractivity contribution >= 4 is 84.8 Å². The van der Waals surface area contributed by atoms with Crippen LogP contribution in [0.4, 0.5) is 0 Å². The third-order valence-electron chi connectivity index (χ3n) is 8.46. The van der Waals surface area contributed by atoms with Gasteiger partial charge in [0.05, 0.1) is 49.4 Å². The van der Waals surface area contributed by atoms with Crippen LogP contribution in [-0.2, 0) is 0 Å². The van der Waals surface area contributed by atoms with Gasteiger partial charge in [0.1, 0.15) is 0 Å². The van der Waals surface area contributed by atoms with Crippen molar-refractivity contribution in [2.75, 3.05) is 0 Å². The highest BCUT2D eigenvalue weighted by Gasteiger charge is 2.18. The molecule has 198 valence electrons. The number of fused-ring (bicyclic) bond motifs is 10. The van der Waals surface area contributed by atoms with Crippen molar-refractivity contribution in [2.45, 2.75) is 0 Å². The van der Waals surface area contributed by atoms with Crippen molar-refractivity contribution in [3.63, 3.8) is 0 Å². The van der Waals surface area contributed by atoms with Gasteiger partial charge in [0.15, 0.2) is 0 Å². The molecule has 0 saturated heterocycles. The molecule has 0 atom stereocenters. The lowest BCUT2D eigenvalue weighted by Crippen LogP contribution is -1.98. The van der Waals surface area contributed by atoms with Gasteiger partial charge in [0.2, 0.25) is 0 Å². The predicted molar refractivity (Wildman–Crippen MR) is 181 cm³/mol. The third kappa shape index (κ3) is 3.44. The van der Waals surface area contributed by atoms with Crippen molar-refractivity contribution in [1.82, 2.24) is 4.57 Å². The molecule has 0 saturated carbocycles. The van der Waals surface area contributed by atoms with Crippen LogP contribution in [-0.4, -0.2) is 4.57 Å². The van der Waals surface area contributed by atoms with Crippen molar-refractivity contribution < 1.29 is 0 Å². The van der Waals surface area contributed by atoms with Gasteiger partial charge in [-0.1, -0.05) is 54.6 Å². The molecule has 6 aromatic carbocycles. The van der Waals surface area contributed by atoms with Gasteiger partial charge in [-0.3, -0.25) is 0 Å². The van der Waals surface area contributed by atoms with E-state index in [2.05, 4.69) is 89.5 Å². The molecule has 0 aliphatic heterocycles. The van der Waals surface area contributed by atoms with Crippen LogP contribution in [0.15, 0.2) is 115 Å². The molecule has 0 bridgehead atoms. The Morgan fingerprint density at radius 2 is 1.14 bits per heavy atom. The SMILES string of the molecule is N#Cc1ccc(-n2c3ccccc3c3cc(C#N)ccc32)c(-c2ccc3sc4c(ccc5c6ccccc6sc54)c3c2)c1. The maximum Gasteiger partial charge on any atom is 0.0991 e. The van der Waals surface area contributed by atoms with Crippen LogP contribution >= 0.6 is 22.7 Å². The zero-order valence-corrected chi connectivity index (χ0v) is 24.3. The number of aromatic nitrogens is 1. The molecule has 0 radical (unpaired) electrons. The maximum absolute atomic E-state index is 9.89. The number of benzene rings is 6. The molecule has 0 amide bonds. The Hall–Kier alpha value is -5.46. The summed E-state index contributed by atoms with van der Waals surface area (Å²) in [4.78, 5) is 0. The van der Waals surface area contributed by atoms with Crippen LogP contribution in [0.25, 0.3) is 79.0 Å². The van der Waals surface area contributed by atoms with Gasteiger partial charge in [-0.15, -0.1) is 22.7 Å². The van der Waals surface area contributed by atoms with E-state index in [0.717, 1.165) is 38.6 Å². The van der Waals surface area contributed by atoms with E-state index >= 15 is 0 Å². The summed E-state index contributed by atoms with van der Waals surface area (Å²) < 4.78 is 7.50. The molecule has 9 rings (SSSR count). The summed E-state index contributed by atoms with van der Waals surface area (Å²) in [5.41, 5.74) is 6.41. The Morgan fingerprint density at radius 3 is 1.95 bits per heavy atom. The lowest BCUT2D eigenvalue weighted by molar-refractivity contribution is 1.18. The van der Waals surface area contributed by atoms with Gasteiger partial charge in [0.25, 0.3) is 0 Å². The lowest BCUT2D eigenvalue weighted by Gasteiger charge is -2.15. The fourth-order valence-electron chi connectivity index (χ4n) is 6.52. The molecule has 0 aliphatic rings. The Bertz CT molecular complexity index is 2710. The van der Waals surface area contributed by atoms with E-state index in [1.165, 1.54) is 40.3 Å². The molecule has 0 N–H and O–H groups in total. The van der Waals surface area contributed by atoms with Crippen molar-refractivity contribution in [3.8, 4) is 29.0 Å². The summed E-state index contributed by atoms with van der Waals surface area (Å²) in [6.07, 6.45) is 0. The van der Waals surface area contributed by atoms with Gasteiger partial charge >= 0.3 is 0 Å². The molecule has 3 aromatic heterocycles. The Labute approximate surface area is 254 Å². The number of hydrogen-bond acceptors (Lipinski definition) is 4. The van der Waals surface area contributed by atoms with Gasteiger partial charge in [-0.2, -0.15) is 10.5 Å². The summed E-state index contributed by atoms with van der Waals surface area (Å²) in [6, 6.07) is 44.6. The van der Waals surface area contributed by atoms with Gasteiger partial charge in [-0.05, 0) is 66.2 Å². The average molecular weight is 582 g/mol. The molecular weight excluding hydrogens is 563 g/mol. The zero-order chi connectivity index (χ0) is 28.7. The molecule has 43 heavy (non-hydrogen) atoms. The summed E-state index contributed by atoms with van der Waals surface area (Å²) in [5.74, 6) is 0. The fraction of sp³-hybridized carbons (Fsp3) is 0. The van der Waals surface area contributed by atoms with E-state index in [1.807, 2.05) is 65.1 Å². The van der Waals surface area contributed by atoms with E-state index in [4.69, 9.17) is 0 Å². The molecule has 0 spiro atoms. The second-order valence-corrected chi connectivity index (χ2v) is 12.9. The maximum atomic E-state index is 9.89. The second-order valence-electron chi connectivity index (χ2n) is 10.8. The second kappa shape index (κ2) is 9.02. The highest BCUT2D eigenvalue weighted by atomic mass is 32.1. The summed E-state index contributed by atoms with van der Waals surface area (Å²) in [5, 5.41) is 26.7. The first kappa shape index (κ1) is 24.2. The molecule has 0 unspecified atom stereocenters. The average Bonchev–Trinajstić information content (AvgIpc) is 3.73. The van der Waals surface area contributed by atoms with Crippen LogP contribution in [0.1, 0.15) is 11.1 Å². The summed E-state index contributed by atoms with van der Waals surface area (Å²) in [6.45, 7) is 0. The Balaban J connectivity index is 1.32. The highest BCUT2D eigenvalue weighted by molar-refractivity contribution is 7.33. The van der Waals surface area contributed by atoms with Crippen molar-refractivity contribution in [2.24, 2.45) is 0 Å². The van der Waals surface area contributed by atoms with E-state index < -0.39 is 0 Å². The molecule has 0 fully saturated rings. The van der Waals surface area contributed by atoms with Crippen molar-refractivity contribution in [1.29, 1.82) is 10.5 Å². The van der Waals surface area contributed by atoms with Crippen LogP contribution in [0, 0.1) is 22.7 Å². The number of nitrogens with zero attached hydrogens (tertiary/aromatic N) is 3. The lowest BCUT2D eigenvalue weighted by atomic mass is 9.98. The van der Waals surface area contributed by atoms with E-state index in [0.29, 0.717) is 11.1 Å². The Kier molecular flexibility index (Phi) is 5.07. The van der Waals surface area contributed by atoms with Gasteiger partial charge < -0.3 is 4.57 Å². The predicted octanol–water partition coefficient (Wildman–Crippen LogP) is 10.9. The molecule has 0 aliphatic carbocycles. The normalized spacial score (nSPS) is 11.7. The first-order valence-electron chi connectivity index (χ1n) is 14.0. The van der Waals surface area contributed by atoms with Crippen LogP contribution in [0.5, 0.6) is 0 Å². The molecule has 5 heteroatoms. The fourth-order valence-corrected chi connectivity index (χ4v) is 9.04. The van der Waals surface area contributed by atoms with Crippen LogP contribution in [0.3, 0.4) is 0 Å². The first-order chi connectivity index (χ1) is 21.2. The van der Waals surface area contributed by atoms with Crippen LogP contribution in [0.2, 0.25) is 0 Å². The number of para-hydroxylation sites is 1. The van der Waals surface area contributed by atoms with Gasteiger partial charge in [0, 0.05) is 47.3 Å². The minimum absolute atomic E-state index is 0.619. The number of nitriles is 2. The number of hydrogen-bond donors (Lipinski definition) is 0. The minimum atomic E-state index is 0.619. The van der Waals surface area contributed by atoms with E-state index in [1.54, 1.807) is 0 Å². The number of rotatable bonds is 2. The topological polar surface area (TPSA) is 52.5 Å². The smallest absolute Gasteiger partial charge is 0.0991 e. The van der Waals surface area contributed by atoms with Gasteiger partial charge in [-0.25, -0.2) is 0 Å². The first-order valence-corrected chi connectivity index (χ1v) is 15.6. The minimum Gasteiger partial charge on any atom is -0.309 e. The zero-order valence-electron chi connectivity index (χ0n) is 22.6. The largest absolute Gasteiger partial charge is 0.309 e. The highest BCUT2D eigenvalue weighted by Crippen LogP contribution is 2.45. The molecule has 3 heterocycles. The third-order valence-corrected chi connectivity index (χ3v) is 11.0. The standard InChI is InChI=1S/C38H19N3S2/c39-20-22-9-14-33(41-32-7-3-1-5-25(32)30-18-23(21-40)10-15-34(30)41)29(17-22)24-11-16-36-31(19-24)28-13-12-27-26-6-2-4-8-35(26)42-37(27)38(28)43-36/h1-19H. The van der Waals surface area contributed by atoms with Crippen LogP contribution < -0.4 is 0 Å². The summed E-state index contributed by atoms with van der Waals surface area (Å²) >= 11 is 3.72. The Morgan fingerprint density at radius 1 is 0.488 bits per heavy atom. The van der Waals surface area contributed by atoms with E-state index in [-0.39, 0.29) is 0 Å². The van der Waals surface area contributed by atoms with E-state index in [9.17, 15) is 10.5 Å². The molecular formula is C38H19N3S2. The molecule has 3 nitrogen and oxygen atoms in total.